The van der Waals surface area contributed by atoms with Crippen LogP contribution < -0.4 is 36.0 Å². The molecule has 0 saturated carbocycles. The zero-order valence-electron chi connectivity index (χ0n) is 46.6. The van der Waals surface area contributed by atoms with Crippen LogP contribution in [0.15, 0.2) is 66.2 Å². The topological polar surface area (TPSA) is 430 Å². The van der Waals surface area contributed by atoms with Crippen molar-refractivity contribution in [3.05, 3.63) is 78.0 Å². The molecule has 0 bridgehead atoms. The van der Waals surface area contributed by atoms with Gasteiger partial charge in [-0.2, -0.15) is 18.2 Å². The molecule has 4 aromatic rings. The van der Waals surface area contributed by atoms with Crippen molar-refractivity contribution >= 4 is 78.5 Å². The van der Waals surface area contributed by atoms with Crippen LogP contribution in [0.4, 0.5) is 5.95 Å². The van der Waals surface area contributed by atoms with Gasteiger partial charge in [-0.15, -0.1) is 0 Å². The maximum atomic E-state index is 13.6. The van der Waals surface area contributed by atoms with Crippen molar-refractivity contribution in [3.8, 4) is 5.75 Å². The van der Waals surface area contributed by atoms with Gasteiger partial charge in [0.25, 0.3) is 16.0 Å². The summed E-state index contributed by atoms with van der Waals surface area (Å²) in [6.45, 7) is 7.24. The number of rotatable bonds is 32. The number of hydrogen-bond donors (Lipinski definition) is 12. The number of benzene rings is 2. The van der Waals surface area contributed by atoms with Crippen LogP contribution in [0.3, 0.4) is 0 Å². The van der Waals surface area contributed by atoms with Crippen LogP contribution in [0.2, 0.25) is 0 Å². The van der Waals surface area contributed by atoms with Gasteiger partial charge in [-0.3, -0.25) is 62.4 Å². The quantitative estimate of drug-likeness (QED) is 0.0147. The van der Waals surface area contributed by atoms with E-state index in [4.69, 9.17) is 4.74 Å². The fourth-order valence-corrected chi connectivity index (χ4v) is 11.4. The number of aliphatic carboxylic acids is 3. The first-order valence-electron chi connectivity index (χ1n) is 26.7. The molecule has 2 aromatic carbocycles. The number of nitrogens with zero attached hydrogens (tertiary/aromatic N) is 7. The van der Waals surface area contributed by atoms with E-state index in [-0.39, 0.29) is 125 Å². The number of hydrogen-bond acceptors (Lipinski definition) is 20. The van der Waals surface area contributed by atoms with Crippen LogP contribution in [-0.2, 0) is 55.5 Å². The van der Waals surface area contributed by atoms with Crippen LogP contribution in [0.5, 0.6) is 5.75 Å². The van der Waals surface area contributed by atoms with E-state index in [0.717, 1.165) is 11.9 Å². The molecule has 31 nitrogen and oxygen atoms in total. The Kier molecular flexibility index (Phi) is 25.8. The number of aromatic amines is 1. The van der Waals surface area contributed by atoms with E-state index in [2.05, 4.69) is 53.0 Å². The summed E-state index contributed by atoms with van der Waals surface area (Å²) in [5.74, 6) is -7.10. The molecule has 1 aliphatic heterocycles. The molecule has 2 aromatic heterocycles. The molecule has 1 aliphatic rings. The van der Waals surface area contributed by atoms with Crippen LogP contribution in [0, 0.1) is 13.8 Å². The zero-order chi connectivity index (χ0) is 61.6. The number of nitrogens with one attached hydrogen (secondary N) is 7. The number of aryl methyl sites for hydroxylation is 3. The van der Waals surface area contributed by atoms with Crippen molar-refractivity contribution in [2.24, 2.45) is 0 Å². The molecule has 0 unspecified atom stereocenters. The molecule has 0 aliphatic carbocycles. The summed E-state index contributed by atoms with van der Waals surface area (Å²) < 4.78 is 70.5. The standard InChI is InChI=1S/C51H74N14O17S2/c1-34-24-39(25-35(2)47(34)84(80,81)60-40(50(75)76)28-57-48(73)37-7-8-42-38(26-37)27-58-65(42)14-5-9-54-51-55-12-13-56-51)82-23-4-6-43(67)52-10-11-53-49(74)41(33-83(77,78)79)59-44(68)30-62-17-21-63(31-45(69)70)19-15-61(29-36(3)66)16-20-64(22-18-62)32-46(71)72/h7-8,12-13,24-27,40-41,60,66H,3-6,9-11,14-23,28-33H2,1-2H3,(H,52,67)(H,53,74)(H,57,73)(H,59,68)(H,69,70)(H,71,72)(H,75,76)(H2,54,55,56)(H,77,78,79)/t40-,41-/m0/s1. The predicted octanol–water partition coefficient (Wildman–Crippen LogP) is -1.73. The van der Waals surface area contributed by atoms with E-state index in [1.165, 1.54) is 26.0 Å². The zero-order valence-corrected chi connectivity index (χ0v) is 48.3. The highest BCUT2D eigenvalue weighted by molar-refractivity contribution is 7.89. The van der Waals surface area contributed by atoms with Gasteiger partial charge in [-0.25, -0.2) is 13.4 Å². The summed E-state index contributed by atoms with van der Waals surface area (Å²) in [4.78, 5) is 101. The average Bonchev–Trinajstić information content (AvgIpc) is 2.86. The molecule has 84 heavy (non-hydrogen) atoms. The summed E-state index contributed by atoms with van der Waals surface area (Å²) in [5, 5.41) is 56.9. The smallest absolute Gasteiger partial charge is 0.323 e. The van der Waals surface area contributed by atoms with Crippen molar-refractivity contribution in [1.82, 2.24) is 65.3 Å². The van der Waals surface area contributed by atoms with E-state index < -0.39 is 92.6 Å². The Morgan fingerprint density at radius 2 is 1.33 bits per heavy atom. The van der Waals surface area contributed by atoms with Crippen molar-refractivity contribution in [2.45, 2.75) is 56.6 Å². The van der Waals surface area contributed by atoms with E-state index in [0.29, 0.717) is 37.5 Å². The minimum atomic E-state index is -4.83. The molecular formula is C51H74N14O17S2. The van der Waals surface area contributed by atoms with E-state index in [1.807, 2.05) is 0 Å². The Morgan fingerprint density at radius 3 is 1.89 bits per heavy atom. The number of sulfonamides is 1. The molecule has 0 spiro atoms. The molecule has 2 atom stereocenters. The number of H-pyrrole nitrogens is 1. The van der Waals surface area contributed by atoms with E-state index >= 15 is 0 Å². The van der Waals surface area contributed by atoms with Crippen molar-refractivity contribution in [3.63, 3.8) is 0 Å². The van der Waals surface area contributed by atoms with Crippen molar-refractivity contribution in [1.29, 1.82) is 0 Å². The predicted molar refractivity (Wildman–Crippen MR) is 303 cm³/mol. The maximum absolute atomic E-state index is 13.6. The highest BCUT2D eigenvalue weighted by Gasteiger charge is 2.30. The minimum absolute atomic E-state index is 0.00484. The second-order valence-electron chi connectivity index (χ2n) is 19.9. The van der Waals surface area contributed by atoms with Gasteiger partial charge in [-0.1, -0.05) is 6.58 Å². The number of carboxylic acids is 3. The Morgan fingerprint density at radius 1 is 0.738 bits per heavy atom. The molecular weight excluding hydrogens is 1140 g/mol. The van der Waals surface area contributed by atoms with Gasteiger partial charge in [0.2, 0.25) is 27.7 Å². The first kappa shape index (κ1) is 67.0. The molecule has 3 heterocycles. The SMILES string of the molecule is C=C(O)CN1CCN(CC(=O)O)CCN(CC(=O)N[C@@H](CS(=O)(=O)O)C(=O)NCCNC(=O)CCCOc2cc(C)c(S(=O)(=O)N[C@@H](CNC(=O)c3ccc4c(cnn4CCCNc4ncc[nH]4)c3)C(=O)O)c(C)c2)CCN(CC(=O)O)CC1. The largest absolute Gasteiger partial charge is 0.512 e. The highest BCUT2D eigenvalue weighted by atomic mass is 32.2. The Bertz CT molecular complexity index is 3110. The van der Waals surface area contributed by atoms with E-state index in [1.54, 1.807) is 61.1 Å². The molecule has 33 heteroatoms. The minimum Gasteiger partial charge on any atom is -0.512 e. The number of aliphatic hydroxyl groups is 1. The van der Waals surface area contributed by atoms with Crippen LogP contribution in [-0.4, -0.2) is 252 Å². The molecule has 1 saturated heterocycles. The van der Waals surface area contributed by atoms with Gasteiger partial charge in [-0.05, 0) is 68.1 Å². The van der Waals surface area contributed by atoms with Crippen LogP contribution in [0.1, 0.15) is 40.7 Å². The van der Waals surface area contributed by atoms with Gasteiger partial charge in [0.1, 0.15) is 23.6 Å². The van der Waals surface area contributed by atoms with Crippen molar-refractivity contribution < 1.29 is 80.1 Å². The number of imidazole rings is 1. The van der Waals surface area contributed by atoms with Crippen LogP contribution >= 0.6 is 0 Å². The highest BCUT2D eigenvalue weighted by Crippen LogP contribution is 2.26. The summed E-state index contributed by atoms with van der Waals surface area (Å²) >= 11 is 0. The third-order valence-electron chi connectivity index (χ3n) is 13.0. The monoisotopic (exact) mass is 1220 g/mol. The number of fused-ring (bicyclic) bond motifs is 1. The second-order valence-corrected chi connectivity index (χ2v) is 23.0. The number of ether oxygens (including phenoxy) is 1. The first-order valence-corrected chi connectivity index (χ1v) is 29.8. The lowest BCUT2D eigenvalue weighted by molar-refractivity contribution is -0.139. The summed E-state index contributed by atoms with van der Waals surface area (Å²) in [6.07, 6.45) is 5.81. The number of anilines is 1. The van der Waals surface area contributed by atoms with Gasteiger partial charge in [0, 0.05) is 115 Å². The summed E-state index contributed by atoms with van der Waals surface area (Å²) in [7, 11) is -9.30. The van der Waals surface area contributed by atoms with E-state index in [9.17, 15) is 75.4 Å². The molecule has 5 rings (SSSR count). The molecule has 12 N–H and O–H groups in total. The molecule has 0 radical (unpaired) electrons. The number of aliphatic hydroxyl groups excluding tert-OH is 1. The average molecular weight is 1220 g/mol. The summed E-state index contributed by atoms with van der Waals surface area (Å²) in [6, 6.07) is 4.20. The normalized spacial score (nSPS) is 15.2. The number of carboxylic acid groups (broad SMARTS) is 3. The van der Waals surface area contributed by atoms with Gasteiger partial charge >= 0.3 is 17.9 Å². The molecule has 462 valence electrons. The van der Waals surface area contributed by atoms with Gasteiger partial charge in [0.05, 0.1) is 55.2 Å². The van der Waals surface area contributed by atoms with Crippen molar-refractivity contribution in [2.75, 3.05) is 122 Å². The lowest BCUT2D eigenvalue weighted by Crippen LogP contribution is -2.54. The number of carbonyl (C=O) groups is 7. The number of amides is 4. The first-order chi connectivity index (χ1) is 39.7. The fraction of sp³-hybridized carbons (Fsp3) is 0.510. The number of aromatic nitrogens is 4. The summed E-state index contributed by atoms with van der Waals surface area (Å²) in [5.41, 5.74) is 1.42. The fourth-order valence-electron chi connectivity index (χ4n) is 9.05. The third-order valence-corrected chi connectivity index (χ3v) is 15.6. The van der Waals surface area contributed by atoms with Crippen LogP contribution in [0.25, 0.3) is 10.9 Å². The Hall–Kier alpha value is -7.79. The Labute approximate surface area is 484 Å². The number of carbonyl (C=O) groups excluding carboxylic acids is 4. The van der Waals surface area contributed by atoms with Gasteiger partial charge < -0.3 is 56.7 Å². The van der Waals surface area contributed by atoms with Gasteiger partial charge in [0.15, 0.2) is 5.95 Å². The lowest BCUT2D eigenvalue weighted by atomic mass is 10.1. The molecule has 4 amide bonds. The molecule has 1 fully saturated rings. The lowest BCUT2D eigenvalue weighted by Gasteiger charge is -2.33. The third kappa shape index (κ3) is 23.1. The maximum Gasteiger partial charge on any atom is 0.323 e. The second kappa shape index (κ2) is 32.3. The Balaban J connectivity index is 1.05.